The highest BCUT2D eigenvalue weighted by Gasteiger charge is 2.19. The maximum atomic E-state index is 5.56. The smallest absolute Gasteiger partial charge is 0.125 e. The lowest BCUT2D eigenvalue weighted by molar-refractivity contribution is 0.108. The molecule has 1 aromatic rings. The highest BCUT2D eigenvalue weighted by molar-refractivity contribution is 5.13. The lowest BCUT2D eigenvalue weighted by Gasteiger charge is -2.10. The maximum absolute atomic E-state index is 5.56. The molecule has 1 saturated heterocycles. The van der Waals surface area contributed by atoms with Crippen molar-refractivity contribution in [3.8, 4) is 0 Å². The molecule has 1 atom stereocenters. The van der Waals surface area contributed by atoms with Crippen molar-refractivity contribution < 1.29 is 4.74 Å². The Bertz CT molecular complexity index is 321. The van der Waals surface area contributed by atoms with Gasteiger partial charge in [-0.1, -0.05) is 0 Å². The molecule has 0 aromatic carbocycles. The molecular formula is C10H15N3O. The van der Waals surface area contributed by atoms with Gasteiger partial charge in [0.25, 0.3) is 0 Å². The van der Waals surface area contributed by atoms with Crippen LogP contribution in [0.5, 0.6) is 0 Å². The number of rotatable bonds is 2. The fourth-order valence-corrected chi connectivity index (χ4v) is 1.74. The third-order valence-electron chi connectivity index (χ3n) is 2.38. The highest BCUT2D eigenvalue weighted by Crippen LogP contribution is 2.27. The summed E-state index contributed by atoms with van der Waals surface area (Å²) >= 11 is 0. The molecule has 1 aliphatic rings. The lowest BCUT2D eigenvalue weighted by Crippen LogP contribution is -2.07. The molecular weight excluding hydrogens is 178 g/mol. The van der Waals surface area contributed by atoms with Crippen LogP contribution in [0.3, 0.4) is 0 Å². The van der Waals surface area contributed by atoms with E-state index in [9.17, 15) is 0 Å². The van der Waals surface area contributed by atoms with Crippen LogP contribution in [0.15, 0.2) is 6.07 Å². The van der Waals surface area contributed by atoms with Crippen molar-refractivity contribution in [1.29, 1.82) is 0 Å². The van der Waals surface area contributed by atoms with Crippen LogP contribution in [-0.4, -0.2) is 16.6 Å². The second-order valence-corrected chi connectivity index (χ2v) is 3.54. The number of ether oxygens (including phenoxy) is 1. The van der Waals surface area contributed by atoms with Gasteiger partial charge in [-0.05, 0) is 25.8 Å². The molecule has 1 fully saturated rings. The van der Waals surface area contributed by atoms with Crippen LogP contribution < -0.4 is 5.73 Å². The van der Waals surface area contributed by atoms with Gasteiger partial charge in [0.15, 0.2) is 0 Å². The lowest BCUT2D eigenvalue weighted by atomic mass is 10.1. The number of hydrogen-bond acceptors (Lipinski definition) is 4. The Balaban J connectivity index is 2.27. The van der Waals surface area contributed by atoms with E-state index in [0.29, 0.717) is 6.54 Å². The second-order valence-electron chi connectivity index (χ2n) is 3.54. The normalized spacial score (nSPS) is 21.4. The van der Waals surface area contributed by atoms with Crippen LogP contribution >= 0.6 is 0 Å². The van der Waals surface area contributed by atoms with E-state index in [-0.39, 0.29) is 6.10 Å². The minimum absolute atomic E-state index is 0.155. The van der Waals surface area contributed by atoms with Gasteiger partial charge in [-0.3, -0.25) is 0 Å². The summed E-state index contributed by atoms with van der Waals surface area (Å²) in [5.41, 5.74) is 7.43. The fourth-order valence-electron chi connectivity index (χ4n) is 1.74. The summed E-state index contributed by atoms with van der Waals surface area (Å²) in [6.45, 7) is 3.19. The molecule has 4 nitrogen and oxygen atoms in total. The predicted molar refractivity (Wildman–Crippen MR) is 52.6 cm³/mol. The van der Waals surface area contributed by atoms with Crippen LogP contribution in [-0.2, 0) is 11.3 Å². The first kappa shape index (κ1) is 9.55. The first-order valence-corrected chi connectivity index (χ1v) is 4.95. The van der Waals surface area contributed by atoms with Gasteiger partial charge in [0.1, 0.15) is 5.82 Å². The zero-order valence-electron chi connectivity index (χ0n) is 8.36. The summed E-state index contributed by atoms with van der Waals surface area (Å²) in [5, 5.41) is 0. The summed E-state index contributed by atoms with van der Waals surface area (Å²) in [6.07, 6.45) is 2.33. The van der Waals surface area contributed by atoms with Crippen molar-refractivity contribution in [3.05, 3.63) is 23.3 Å². The van der Waals surface area contributed by atoms with Gasteiger partial charge in [0.05, 0.1) is 17.5 Å². The van der Waals surface area contributed by atoms with Gasteiger partial charge < -0.3 is 10.5 Å². The molecule has 0 spiro atoms. The first-order valence-electron chi connectivity index (χ1n) is 4.95. The molecule has 14 heavy (non-hydrogen) atoms. The van der Waals surface area contributed by atoms with E-state index in [1.807, 2.05) is 13.0 Å². The molecule has 2 N–H and O–H groups in total. The van der Waals surface area contributed by atoms with Crippen LogP contribution in [0.1, 0.15) is 36.2 Å². The zero-order valence-corrected chi connectivity index (χ0v) is 8.36. The molecule has 1 unspecified atom stereocenters. The maximum Gasteiger partial charge on any atom is 0.125 e. The highest BCUT2D eigenvalue weighted by atomic mass is 16.5. The Labute approximate surface area is 83.5 Å². The molecule has 0 bridgehead atoms. The minimum atomic E-state index is 0.155. The summed E-state index contributed by atoms with van der Waals surface area (Å²) in [7, 11) is 0. The van der Waals surface area contributed by atoms with Gasteiger partial charge >= 0.3 is 0 Å². The van der Waals surface area contributed by atoms with E-state index in [1.165, 1.54) is 0 Å². The van der Waals surface area contributed by atoms with Crippen molar-refractivity contribution in [2.75, 3.05) is 6.61 Å². The van der Waals surface area contributed by atoms with Crippen molar-refractivity contribution >= 4 is 0 Å². The molecule has 4 heteroatoms. The first-order chi connectivity index (χ1) is 6.79. The standard InChI is InChI=1S/C10H15N3O/c1-7-12-8(6-11)5-9(13-7)10-3-2-4-14-10/h5,10H,2-4,6,11H2,1H3. The monoisotopic (exact) mass is 193 g/mol. The third-order valence-corrected chi connectivity index (χ3v) is 2.38. The summed E-state index contributed by atoms with van der Waals surface area (Å²) in [6, 6.07) is 1.95. The van der Waals surface area contributed by atoms with Gasteiger partial charge in [0, 0.05) is 13.2 Å². The molecule has 1 aromatic heterocycles. The number of aryl methyl sites for hydroxylation is 1. The molecule has 0 radical (unpaired) electrons. The molecule has 0 amide bonds. The topological polar surface area (TPSA) is 61.0 Å². The van der Waals surface area contributed by atoms with Crippen LogP contribution in [0.4, 0.5) is 0 Å². The van der Waals surface area contributed by atoms with Gasteiger partial charge in [-0.25, -0.2) is 9.97 Å². The van der Waals surface area contributed by atoms with Crippen LogP contribution in [0.2, 0.25) is 0 Å². The van der Waals surface area contributed by atoms with Crippen molar-refractivity contribution in [3.63, 3.8) is 0 Å². The summed E-state index contributed by atoms with van der Waals surface area (Å²) in [4.78, 5) is 8.60. The average molecular weight is 193 g/mol. The van der Waals surface area contributed by atoms with Crippen LogP contribution in [0, 0.1) is 6.92 Å². The Hall–Kier alpha value is -1.00. The molecule has 2 rings (SSSR count). The van der Waals surface area contributed by atoms with Crippen molar-refractivity contribution in [1.82, 2.24) is 9.97 Å². The SMILES string of the molecule is Cc1nc(CN)cc(C2CCCO2)n1. The van der Waals surface area contributed by atoms with Crippen molar-refractivity contribution in [2.24, 2.45) is 5.73 Å². The van der Waals surface area contributed by atoms with E-state index in [4.69, 9.17) is 10.5 Å². The molecule has 1 aliphatic heterocycles. The van der Waals surface area contributed by atoms with E-state index in [1.54, 1.807) is 0 Å². The Morgan fingerprint density at radius 1 is 1.57 bits per heavy atom. The second kappa shape index (κ2) is 4.02. The minimum Gasteiger partial charge on any atom is -0.372 e. The van der Waals surface area contributed by atoms with E-state index < -0.39 is 0 Å². The molecule has 0 saturated carbocycles. The third kappa shape index (κ3) is 1.91. The Kier molecular flexibility index (Phi) is 2.74. The molecule has 0 aliphatic carbocycles. The average Bonchev–Trinajstić information content (AvgIpc) is 2.69. The molecule has 2 heterocycles. The van der Waals surface area contributed by atoms with Gasteiger partial charge in [-0.15, -0.1) is 0 Å². The molecule has 76 valence electrons. The van der Waals surface area contributed by atoms with E-state index >= 15 is 0 Å². The van der Waals surface area contributed by atoms with Crippen molar-refractivity contribution in [2.45, 2.75) is 32.4 Å². The largest absolute Gasteiger partial charge is 0.372 e. The predicted octanol–water partition coefficient (Wildman–Crippen LogP) is 1.10. The van der Waals surface area contributed by atoms with E-state index in [2.05, 4.69) is 9.97 Å². The Morgan fingerprint density at radius 2 is 2.43 bits per heavy atom. The summed E-state index contributed by atoms with van der Waals surface area (Å²) in [5.74, 6) is 0.776. The number of nitrogens with two attached hydrogens (primary N) is 1. The van der Waals surface area contributed by atoms with Crippen LogP contribution in [0.25, 0.3) is 0 Å². The number of aromatic nitrogens is 2. The zero-order chi connectivity index (χ0) is 9.97. The number of nitrogens with zero attached hydrogens (tertiary/aromatic N) is 2. The quantitative estimate of drug-likeness (QED) is 0.764. The Morgan fingerprint density at radius 3 is 3.07 bits per heavy atom. The number of hydrogen-bond donors (Lipinski definition) is 1. The van der Waals surface area contributed by atoms with Gasteiger partial charge in [-0.2, -0.15) is 0 Å². The van der Waals surface area contributed by atoms with E-state index in [0.717, 1.165) is 36.7 Å². The fraction of sp³-hybridized carbons (Fsp3) is 0.600. The van der Waals surface area contributed by atoms with Gasteiger partial charge in [0.2, 0.25) is 0 Å². The summed E-state index contributed by atoms with van der Waals surface area (Å²) < 4.78 is 5.56.